The third-order valence-electron chi connectivity index (χ3n) is 17.9. The SMILES string of the molecule is C1CCCCC1.C=CC(=O)O[C@]1(C(=O)O)CCC(C(C)C)C1C(C)C.CC(C)C1CC[C@](OC(=O)CC[NH-])(C(=O)O)C1C(C)C.CNC(C(C)(C)C)C(C)(C)C.C[N-]C(C(C)(C)C)C(C)(C)C.C[N-]C(C(C)(C)C)C(C)(C)C.C[N-]C(C(C)(C)C)C(C)(C)C.[K+].[K+].[K+].[NH2-].[NH2-]. The Bertz CT molecular complexity index is 1800. The predicted octanol–water partition coefficient (Wildman–Crippen LogP) is 13.8. The number of carboxylic acids is 2. The minimum atomic E-state index is -1.41. The van der Waals surface area contributed by atoms with Gasteiger partial charge in [0.1, 0.15) is 0 Å². The van der Waals surface area contributed by atoms with Crippen LogP contribution in [0.5, 0.6) is 0 Å². The van der Waals surface area contributed by atoms with E-state index in [1.807, 2.05) is 55.9 Å². The maximum atomic E-state index is 11.8. The molecular weight excluding hydrogens is 1260 g/mol. The van der Waals surface area contributed by atoms with Crippen LogP contribution in [0.4, 0.5) is 0 Å². The first-order valence-electron chi connectivity index (χ1n) is 34.4. The molecule has 0 saturated heterocycles. The van der Waals surface area contributed by atoms with Crippen molar-refractivity contribution in [2.45, 2.75) is 328 Å². The van der Waals surface area contributed by atoms with E-state index in [1.54, 1.807) is 0 Å². The van der Waals surface area contributed by atoms with Crippen LogP contribution < -0.4 is 159 Å². The molecule has 0 heterocycles. The summed E-state index contributed by atoms with van der Waals surface area (Å²) >= 11 is 0. The van der Waals surface area contributed by atoms with Gasteiger partial charge in [0.2, 0.25) is 11.2 Å². The average Bonchev–Trinajstić information content (AvgIpc) is 1.61. The molecule has 3 rings (SSSR count). The minimum absolute atomic E-state index is 0. The zero-order valence-electron chi connectivity index (χ0n) is 69.5. The Morgan fingerprint density at radius 1 is 0.479 bits per heavy atom. The number of hydrogen-bond donors (Lipinski definition) is 3. The Hall–Kier alpha value is 2.25. The van der Waals surface area contributed by atoms with Crippen LogP contribution in [0.25, 0.3) is 34.0 Å². The fourth-order valence-corrected chi connectivity index (χ4v) is 16.6. The molecule has 0 amide bonds. The first-order valence-corrected chi connectivity index (χ1v) is 34.4. The number of rotatable bonds is 15. The fourth-order valence-electron chi connectivity index (χ4n) is 16.6. The number of carbonyl (C=O) groups is 4. The van der Waals surface area contributed by atoms with Gasteiger partial charge in [-0.15, -0.1) is 24.7 Å². The van der Waals surface area contributed by atoms with E-state index in [0.29, 0.717) is 59.7 Å². The molecule has 3 aliphatic rings. The molecule has 94 heavy (non-hydrogen) atoms. The standard InChI is InChI=1S/C15H26NO4.C15H24O4.C10H23N.3C10H22N.C6H12.3K.2H2N/c1-9(2)11-5-7-15(14(18)19,13(11)10(3)4)20-12(17)6-8-16;1-6-12(16)19-15(14(17)18)8-7-11(9(2)3)13(15)10(4)5;4*1-9(2,3)8(11-7)10(4,5)6;1-2-4-6-5-3-1;;;;;/h9-11,13,16H,5-8H2,1-4H3,(H,18,19);6,9-11,13H,1,7-8H2,2-5H3,(H,17,18);8,11H,1-7H3;3*8H,1-7H3;1-6H2;;;;2*1H2/q-1;;;3*-1;;3*+1;2*-1/t2*11?,13?,15-;;;;;;;;;;/m11........../s1. The van der Waals surface area contributed by atoms with Gasteiger partial charge >= 0.3 is 178 Å². The van der Waals surface area contributed by atoms with Crippen molar-refractivity contribution < 1.29 is 193 Å². The Labute approximate surface area is 711 Å². The Kier molecular flexibility index (Phi) is 61.8. The molecule has 0 radical (unpaired) electrons. The molecule has 0 bridgehead atoms. The van der Waals surface area contributed by atoms with Gasteiger partial charge in [0.15, 0.2) is 0 Å². The van der Waals surface area contributed by atoms with Gasteiger partial charge in [-0.25, -0.2) is 14.4 Å². The maximum absolute atomic E-state index is 11.8. The summed E-state index contributed by atoms with van der Waals surface area (Å²) < 4.78 is 10.7. The van der Waals surface area contributed by atoms with Crippen molar-refractivity contribution in [2.24, 2.45) is 90.7 Å². The number of aliphatic carboxylic acids is 2. The summed E-state index contributed by atoms with van der Waals surface area (Å²) in [6.07, 6.45) is 12.3. The van der Waals surface area contributed by atoms with Crippen molar-refractivity contribution in [1.29, 1.82) is 0 Å². The topological polar surface area (TPSA) is 272 Å². The van der Waals surface area contributed by atoms with Crippen molar-refractivity contribution in [3.63, 3.8) is 0 Å². The van der Waals surface area contributed by atoms with Gasteiger partial charge in [-0.3, -0.25) is 4.79 Å². The van der Waals surface area contributed by atoms with Crippen LogP contribution in [-0.2, 0) is 28.7 Å². The molecule has 0 aromatic heterocycles. The summed E-state index contributed by atoms with van der Waals surface area (Å²) in [5.74, 6) is -2.13. The summed E-state index contributed by atoms with van der Waals surface area (Å²) in [5, 5.41) is 36.0. The van der Waals surface area contributed by atoms with Crippen molar-refractivity contribution in [1.82, 2.24) is 5.32 Å². The third-order valence-corrected chi connectivity index (χ3v) is 17.9. The van der Waals surface area contributed by atoms with Crippen molar-refractivity contribution in [2.75, 3.05) is 34.7 Å². The van der Waals surface area contributed by atoms with Gasteiger partial charge in [-0.1, -0.05) is 299 Å². The number of carboxylic acid groups (broad SMARTS) is 2. The average molecular weight is 1410 g/mol. The normalized spacial score (nSPS) is 20.7. The molecule has 0 aromatic carbocycles. The summed E-state index contributed by atoms with van der Waals surface area (Å²) in [6.45, 7) is 73.7. The molecule has 0 spiro atoms. The van der Waals surface area contributed by atoms with Crippen LogP contribution in [0, 0.1) is 90.7 Å². The number of nitrogens with one attached hydrogen (secondary N) is 2. The van der Waals surface area contributed by atoms with E-state index in [2.05, 4.69) is 222 Å². The first-order chi connectivity index (χ1) is 39.8. The maximum Gasteiger partial charge on any atom is 1.00 e. The van der Waals surface area contributed by atoms with E-state index in [0.717, 1.165) is 18.9 Å². The zero-order chi connectivity index (χ0) is 71.7. The van der Waals surface area contributed by atoms with Gasteiger partial charge in [-0.2, -0.15) is 21.1 Å². The quantitative estimate of drug-likeness (QED) is 0.0798. The molecule has 6 atom stereocenters. The second-order valence-corrected chi connectivity index (χ2v) is 36.2. The van der Waals surface area contributed by atoms with Gasteiger partial charge < -0.3 is 59.0 Å². The van der Waals surface area contributed by atoms with Crippen LogP contribution in [0.2, 0.25) is 0 Å². The second kappa shape index (κ2) is 50.6. The van der Waals surface area contributed by atoms with Crippen LogP contribution in [0.1, 0.15) is 292 Å². The van der Waals surface area contributed by atoms with Gasteiger partial charge in [-0.05, 0) is 79.1 Å². The van der Waals surface area contributed by atoms with E-state index in [1.165, 1.54) is 38.5 Å². The molecule has 4 unspecified atom stereocenters. The van der Waals surface area contributed by atoms with E-state index < -0.39 is 35.1 Å². The van der Waals surface area contributed by atoms with E-state index >= 15 is 0 Å². The molecule has 18 heteroatoms. The first kappa shape index (κ1) is 115. The summed E-state index contributed by atoms with van der Waals surface area (Å²) in [7, 11) is 7.80. The number of nitrogens with zero attached hydrogens (tertiary/aromatic N) is 3. The second-order valence-electron chi connectivity index (χ2n) is 36.2. The summed E-state index contributed by atoms with van der Waals surface area (Å²) in [6, 6.07) is 1.88. The molecule has 15 nitrogen and oxygen atoms in total. The largest absolute Gasteiger partial charge is 1.00 e. The number of carbonyl (C=O) groups excluding carboxylic acids is 2. The van der Waals surface area contributed by atoms with Gasteiger partial charge in [0.05, 0.1) is 0 Å². The molecule has 3 aliphatic carbocycles. The minimum Gasteiger partial charge on any atom is -0.693 e. The van der Waals surface area contributed by atoms with Crippen LogP contribution in [0.15, 0.2) is 12.7 Å². The molecule has 3 fully saturated rings. The monoisotopic (exact) mass is 1410 g/mol. The summed E-state index contributed by atoms with van der Waals surface area (Å²) in [5.41, 5.74) is 6.66. The zero-order valence-corrected chi connectivity index (χ0v) is 78.9. The predicted molar refractivity (Wildman–Crippen MR) is 395 cm³/mol. The number of nitrogens with two attached hydrogens (primary N) is 2. The smallest absolute Gasteiger partial charge is 0.693 e. The molecule has 548 valence electrons. The molecule has 8 N–H and O–H groups in total. The van der Waals surface area contributed by atoms with Crippen molar-refractivity contribution in [3.8, 4) is 0 Å². The molecular formula is C76H155K3N7O8-3. The van der Waals surface area contributed by atoms with Gasteiger partial charge in [0, 0.05) is 30.4 Å². The number of esters is 2. The Morgan fingerprint density at radius 3 is 0.840 bits per heavy atom. The van der Waals surface area contributed by atoms with E-state index in [9.17, 15) is 29.4 Å². The molecule has 0 aliphatic heterocycles. The van der Waals surface area contributed by atoms with Crippen LogP contribution >= 0.6 is 0 Å². The van der Waals surface area contributed by atoms with Crippen molar-refractivity contribution >= 4 is 23.9 Å². The number of hydrogen-bond acceptors (Lipinski definition) is 7. The van der Waals surface area contributed by atoms with Crippen LogP contribution in [0.3, 0.4) is 0 Å². The van der Waals surface area contributed by atoms with E-state index in [4.69, 9.17) is 15.2 Å². The number of ether oxygens (including phenoxy) is 2. The Morgan fingerprint density at radius 2 is 0.713 bits per heavy atom. The van der Waals surface area contributed by atoms with E-state index in [-0.39, 0.29) is 247 Å². The molecule has 0 aromatic rings. The fraction of sp³-hybridized carbons (Fsp3) is 0.921. The van der Waals surface area contributed by atoms with Crippen molar-refractivity contribution in [3.05, 3.63) is 46.6 Å². The van der Waals surface area contributed by atoms with Crippen LogP contribution in [-0.4, -0.2) is 104 Å². The third kappa shape index (κ3) is 42.3. The van der Waals surface area contributed by atoms with Gasteiger partial charge in [0.25, 0.3) is 0 Å². The Balaban J connectivity index is -0.000000130. The summed E-state index contributed by atoms with van der Waals surface area (Å²) in [4.78, 5) is 46.8. The molecule has 3 saturated carbocycles.